The molecule has 2 fully saturated rings. The summed E-state index contributed by atoms with van der Waals surface area (Å²) in [5, 5.41) is 7.07. The summed E-state index contributed by atoms with van der Waals surface area (Å²) in [6, 6.07) is 10.1. The van der Waals surface area contributed by atoms with Gasteiger partial charge >= 0.3 is 0 Å². The van der Waals surface area contributed by atoms with Crippen LogP contribution < -0.4 is 10.6 Å². The summed E-state index contributed by atoms with van der Waals surface area (Å²) in [6.45, 7) is 8.47. The first-order valence-corrected chi connectivity index (χ1v) is 9.65. The topological polar surface area (TPSA) is 39.7 Å². The summed E-state index contributed by atoms with van der Waals surface area (Å²) in [7, 11) is 0. The molecule has 1 aliphatic carbocycles. The third-order valence-electron chi connectivity index (χ3n) is 5.18. The molecule has 3 rings (SSSR count). The lowest BCUT2D eigenvalue weighted by atomic mass is 10.0. The van der Waals surface area contributed by atoms with Gasteiger partial charge in [-0.3, -0.25) is 0 Å². The average molecular weight is 456 g/mol. The molecule has 1 aromatic carbocycles. The second kappa shape index (κ2) is 10.4. The van der Waals surface area contributed by atoms with E-state index in [4.69, 9.17) is 4.99 Å². The Morgan fingerprint density at radius 3 is 2.36 bits per heavy atom. The van der Waals surface area contributed by atoms with Gasteiger partial charge in [0.2, 0.25) is 0 Å². The lowest BCUT2D eigenvalue weighted by Gasteiger charge is -2.33. The summed E-state index contributed by atoms with van der Waals surface area (Å²) in [5.41, 5.74) is 2.73. The highest BCUT2D eigenvalue weighted by molar-refractivity contribution is 14.0. The van der Waals surface area contributed by atoms with Crippen LogP contribution in [0.3, 0.4) is 0 Å². The van der Waals surface area contributed by atoms with Gasteiger partial charge in [-0.2, -0.15) is 0 Å². The number of hydrogen-bond acceptors (Lipinski definition) is 2. The molecule has 1 heterocycles. The monoisotopic (exact) mass is 456 g/mol. The lowest BCUT2D eigenvalue weighted by Crippen LogP contribution is -2.49. The van der Waals surface area contributed by atoms with Gasteiger partial charge in [0, 0.05) is 31.7 Å². The van der Waals surface area contributed by atoms with Crippen LogP contribution in [0.2, 0.25) is 0 Å². The number of rotatable bonds is 6. The van der Waals surface area contributed by atoms with E-state index in [9.17, 15) is 0 Å². The molecular formula is C20H33IN4. The molecule has 0 radical (unpaired) electrons. The summed E-state index contributed by atoms with van der Waals surface area (Å²) >= 11 is 0. The Bertz CT molecular complexity index is 548. The van der Waals surface area contributed by atoms with Gasteiger partial charge < -0.3 is 15.5 Å². The summed E-state index contributed by atoms with van der Waals surface area (Å²) in [6.07, 6.45) is 6.35. The molecule has 2 N–H and O–H groups in total. The number of benzene rings is 1. The van der Waals surface area contributed by atoms with Crippen LogP contribution in [0.15, 0.2) is 29.3 Å². The van der Waals surface area contributed by atoms with Crippen molar-refractivity contribution >= 4 is 29.9 Å². The van der Waals surface area contributed by atoms with E-state index in [0.29, 0.717) is 6.04 Å². The molecule has 4 nitrogen and oxygen atoms in total. The zero-order chi connectivity index (χ0) is 16.8. The molecule has 0 amide bonds. The molecule has 0 spiro atoms. The molecular weight excluding hydrogens is 423 g/mol. The number of likely N-dealkylation sites (tertiary alicyclic amines) is 1. The van der Waals surface area contributed by atoms with Crippen molar-refractivity contribution in [3.63, 3.8) is 0 Å². The van der Waals surface area contributed by atoms with Gasteiger partial charge in [0.15, 0.2) is 5.96 Å². The Labute approximate surface area is 169 Å². The fourth-order valence-corrected chi connectivity index (χ4v) is 3.58. The van der Waals surface area contributed by atoms with E-state index in [-0.39, 0.29) is 24.0 Å². The van der Waals surface area contributed by atoms with Crippen LogP contribution in [-0.4, -0.2) is 42.6 Å². The Morgan fingerprint density at radius 1 is 1.08 bits per heavy atom. The molecule has 0 aromatic heterocycles. The van der Waals surface area contributed by atoms with Gasteiger partial charge in [0.1, 0.15) is 0 Å². The van der Waals surface area contributed by atoms with Gasteiger partial charge in [-0.15, -0.1) is 24.0 Å². The van der Waals surface area contributed by atoms with Crippen molar-refractivity contribution in [2.75, 3.05) is 19.6 Å². The molecule has 0 unspecified atom stereocenters. The van der Waals surface area contributed by atoms with E-state index in [1.54, 1.807) is 0 Å². The van der Waals surface area contributed by atoms with E-state index in [1.165, 1.54) is 49.9 Å². The van der Waals surface area contributed by atoms with Crippen LogP contribution in [0.5, 0.6) is 0 Å². The first kappa shape index (κ1) is 20.5. The maximum atomic E-state index is 4.83. The fourth-order valence-electron chi connectivity index (χ4n) is 3.58. The van der Waals surface area contributed by atoms with Crippen LogP contribution in [0.1, 0.15) is 50.7 Å². The Morgan fingerprint density at radius 2 is 1.76 bits per heavy atom. The van der Waals surface area contributed by atoms with E-state index in [0.717, 1.165) is 31.5 Å². The van der Waals surface area contributed by atoms with Crippen molar-refractivity contribution in [1.29, 1.82) is 0 Å². The Balaban J connectivity index is 0.00000225. The first-order valence-electron chi connectivity index (χ1n) is 9.65. The second-order valence-electron chi connectivity index (χ2n) is 7.00. The van der Waals surface area contributed by atoms with Crippen LogP contribution >= 0.6 is 24.0 Å². The second-order valence-corrected chi connectivity index (χ2v) is 7.00. The standard InChI is InChI=1S/C20H32N4.HI/c1-3-16-7-5-6-8-17(16)15-22-20(21-4-2)23-18-11-13-24(14-12-18)19-9-10-19;/h5-8,18-19H,3-4,9-15H2,1-2H3,(H2,21,22,23);1H. The number of hydrogen-bond donors (Lipinski definition) is 2. The Hall–Kier alpha value is -0.820. The van der Waals surface area contributed by atoms with Crippen LogP contribution in [-0.2, 0) is 13.0 Å². The highest BCUT2D eigenvalue weighted by Gasteiger charge is 2.31. The number of halogens is 1. The van der Waals surface area contributed by atoms with Crippen LogP contribution in [0.4, 0.5) is 0 Å². The fraction of sp³-hybridized carbons (Fsp3) is 0.650. The normalized spacial score (nSPS) is 19.4. The maximum Gasteiger partial charge on any atom is 0.191 e. The van der Waals surface area contributed by atoms with Gasteiger partial charge in [-0.25, -0.2) is 4.99 Å². The van der Waals surface area contributed by atoms with Gasteiger partial charge in [0.25, 0.3) is 0 Å². The van der Waals surface area contributed by atoms with Gasteiger partial charge in [-0.05, 0) is 50.2 Å². The van der Waals surface area contributed by atoms with Crippen molar-refractivity contribution < 1.29 is 0 Å². The van der Waals surface area contributed by atoms with Crippen molar-refractivity contribution in [2.24, 2.45) is 4.99 Å². The minimum atomic E-state index is 0. The molecule has 1 saturated heterocycles. The minimum Gasteiger partial charge on any atom is -0.357 e. The zero-order valence-electron chi connectivity index (χ0n) is 15.6. The smallest absolute Gasteiger partial charge is 0.191 e. The molecule has 25 heavy (non-hydrogen) atoms. The van der Waals surface area contributed by atoms with Crippen LogP contribution in [0, 0.1) is 0 Å². The van der Waals surface area contributed by atoms with Crippen LogP contribution in [0.25, 0.3) is 0 Å². The largest absolute Gasteiger partial charge is 0.357 e. The van der Waals surface area contributed by atoms with Crippen molar-refractivity contribution in [1.82, 2.24) is 15.5 Å². The Kier molecular flexibility index (Phi) is 8.49. The van der Waals surface area contributed by atoms with Crippen molar-refractivity contribution in [3.8, 4) is 0 Å². The number of piperidine rings is 1. The first-order chi connectivity index (χ1) is 11.8. The highest BCUT2D eigenvalue weighted by Crippen LogP contribution is 2.29. The number of nitrogens with zero attached hydrogens (tertiary/aromatic N) is 2. The minimum absolute atomic E-state index is 0. The lowest BCUT2D eigenvalue weighted by molar-refractivity contribution is 0.197. The zero-order valence-corrected chi connectivity index (χ0v) is 18.0. The van der Waals surface area contributed by atoms with E-state index < -0.39 is 0 Å². The SMILES string of the molecule is CCNC(=NCc1ccccc1CC)NC1CCN(C2CC2)CC1.I. The molecule has 1 aliphatic heterocycles. The third-order valence-corrected chi connectivity index (χ3v) is 5.18. The number of aryl methyl sites for hydroxylation is 1. The summed E-state index contributed by atoms with van der Waals surface area (Å²) in [5.74, 6) is 0.966. The summed E-state index contributed by atoms with van der Waals surface area (Å²) in [4.78, 5) is 7.50. The molecule has 5 heteroatoms. The third kappa shape index (κ3) is 6.13. The maximum absolute atomic E-state index is 4.83. The predicted molar refractivity (Wildman–Crippen MR) is 117 cm³/mol. The average Bonchev–Trinajstić information content (AvgIpc) is 3.46. The van der Waals surface area contributed by atoms with E-state index in [1.807, 2.05) is 0 Å². The number of aliphatic imine (C=N–C) groups is 1. The van der Waals surface area contributed by atoms with Crippen molar-refractivity contribution in [3.05, 3.63) is 35.4 Å². The predicted octanol–water partition coefficient (Wildman–Crippen LogP) is 3.55. The molecule has 0 bridgehead atoms. The van der Waals surface area contributed by atoms with Gasteiger partial charge in [-0.1, -0.05) is 31.2 Å². The number of guanidine groups is 1. The number of nitrogens with one attached hydrogen (secondary N) is 2. The van der Waals surface area contributed by atoms with Crippen molar-refractivity contribution in [2.45, 2.75) is 64.6 Å². The molecule has 0 atom stereocenters. The molecule has 1 saturated carbocycles. The molecule has 2 aliphatic rings. The summed E-state index contributed by atoms with van der Waals surface area (Å²) < 4.78 is 0. The quantitative estimate of drug-likeness (QED) is 0.391. The highest BCUT2D eigenvalue weighted by atomic mass is 127. The van der Waals surface area contributed by atoms with E-state index in [2.05, 4.69) is 53.6 Å². The van der Waals surface area contributed by atoms with Gasteiger partial charge in [0.05, 0.1) is 6.54 Å². The molecule has 140 valence electrons. The van der Waals surface area contributed by atoms with E-state index >= 15 is 0 Å². The molecule has 1 aromatic rings.